The van der Waals surface area contributed by atoms with Crippen LogP contribution in [0.5, 0.6) is 0 Å². The van der Waals surface area contributed by atoms with Crippen molar-refractivity contribution in [1.82, 2.24) is 0 Å². The number of ether oxygens (including phenoxy) is 1. The summed E-state index contributed by atoms with van der Waals surface area (Å²) in [6.07, 6.45) is 4.64. The Kier molecular flexibility index (Phi) is 8.66. The molecule has 1 aromatic rings. The van der Waals surface area contributed by atoms with E-state index in [0.29, 0.717) is 42.9 Å². The minimum absolute atomic E-state index is 0.0489. The van der Waals surface area contributed by atoms with Crippen LogP contribution in [0.4, 0.5) is 4.39 Å². The molecule has 1 aliphatic carbocycles. The summed E-state index contributed by atoms with van der Waals surface area (Å²) in [6.45, 7) is 3.73. The van der Waals surface area contributed by atoms with E-state index in [-0.39, 0.29) is 29.9 Å². The Balaban J connectivity index is 1.59. The largest absolute Gasteiger partial charge is 0.511 e. The summed E-state index contributed by atoms with van der Waals surface area (Å²) < 4.78 is 18.3. The average molecular weight is 428 g/mol. The van der Waals surface area contributed by atoms with Gasteiger partial charge >= 0.3 is 0 Å². The molecule has 6 heteroatoms. The third kappa shape index (κ3) is 6.67. The van der Waals surface area contributed by atoms with Gasteiger partial charge in [0.05, 0.1) is 11.3 Å². The average Bonchev–Trinajstić information content (AvgIpc) is 2.77. The van der Waals surface area contributed by atoms with Gasteiger partial charge in [-0.25, -0.2) is 4.39 Å². The third-order valence-corrected chi connectivity index (χ3v) is 5.75. The van der Waals surface area contributed by atoms with Gasteiger partial charge < -0.3 is 14.7 Å². The number of aliphatic hydroxyl groups is 1. The zero-order chi connectivity index (χ0) is 22.1. The number of halogens is 1. The van der Waals surface area contributed by atoms with Crippen LogP contribution in [-0.4, -0.2) is 36.4 Å². The van der Waals surface area contributed by atoms with Crippen LogP contribution in [0.25, 0.3) is 0 Å². The van der Waals surface area contributed by atoms with Gasteiger partial charge in [-0.2, -0.15) is 0 Å². The van der Waals surface area contributed by atoms with Gasteiger partial charge in [0.25, 0.3) is 0 Å². The Labute approximate surface area is 183 Å². The SMILES string of the molecule is CCC/C(=N\OCCC#Cc1ccc(F)cc1)C1=C(O)CC(C2CCOCC2)CC1=O. The normalized spacial score (nSPS) is 20.4. The number of benzene rings is 1. The molecule has 166 valence electrons. The monoisotopic (exact) mass is 427 g/mol. The summed E-state index contributed by atoms with van der Waals surface area (Å²) in [5.41, 5.74) is 1.59. The topological polar surface area (TPSA) is 68.1 Å². The zero-order valence-electron chi connectivity index (χ0n) is 18.0. The van der Waals surface area contributed by atoms with E-state index in [0.717, 1.165) is 38.0 Å². The van der Waals surface area contributed by atoms with Crippen molar-refractivity contribution in [2.45, 2.75) is 51.9 Å². The van der Waals surface area contributed by atoms with E-state index in [2.05, 4.69) is 17.0 Å². The van der Waals surface area contributed by atoms with E-state index < -0.39 is 0 Å². The molecule has 0 spiro atoms. The van der Waals surface area contributed by atoms with Crippen molar-refractivity contribution >= 4 is 11.5 Å². The molecule has 0 aromatic heterocycles. The van der Waals surface area contributed by atoms with Gasteiger partial charge in [0, 0.05) is 38.0 Å². The standard InChI is InChI=1S/C25H30FNO4/c1-2-5-22(27-31-13-4-3-6-18-7-9-21(26)10-8-18)25-23(28)16-20(17-24(25)29)19-11-14-30-15-12-19/h7-10,19-20,28H,2,4-5,11-17H2,1H3/b27-22+. The molecule has 5 nitrogen and oxygen atoms in total. The maximum atomic E-state index is 12.9. The molecule has 1 aliphatic heterocycles. The second-order valence-electron chi connectivity index (χ2n) is 8.04. The minimum atomic E-state index is -0.291. The molecular formula is C25H30FNO4. The molecule has 3 rings (SSSR count). The number of carbonyl (C=O) groups excluding carboxylic acids is 1. The van der Waals surface area contributed by atoms with E-state index >= 15 is 0 Å². The van der Waals surface area contributed by atoms with Crippen LogP contribution in [0.3, 0.4) is 0 Å². The summed E-state index contributed by atoms with van der Waals surface area (Å²) in [5, 5.41) is 14.8. The van der Waals surface area contributed by atoms with E-state index in [1.54, 1.807) is 12.1 Å². The van der Waals surface area contributed by atoms with Gasteiger partial charge in [-0.1, -0.05) is 30.3 Å². The predicted molar refractivity (Wildman–Crippen MR) is 117 cm³/mol. The van der Waals surface area contributed by atoms with Gasteiger partial charge in [-0.15, -0.1) is 0 Å². The van der Waals surface area contributed by atoms with E-state index in [1.165, 1.54) is 12.1 Å². The predicted octanol–water partition coefficient (Wildman–Crippen LogP) is 4.96. The number of oxime groups is 1. The number of hydrogen-bond donors (Lipinski definition) is 1. The Morgan fingerprint density at radius 1 is 1.23 bits per heavy atom. The first kappa shape index (κ1) is 23.0. The summed E-state index contributed by atoms with van der Waals surface area (Å²) >= 11 is 0. The lowest BCUT2D eigenvalue weighted by molar-refractivity contribution is -0.117. The van der Waals surface area contributed by atoms with Gasteiger partial charge in [0.1, 0.15) is 18.2 Å². The molecular weight excluding hydrogens is 397 g/mol. The highest BCUT2D eigenvalue weighted by Gasteiger charge is 2.35. The van der Waals surface area contributed by atoms with E-state index in [9.17, 15) is 14.3 Å². The molecule has 1 unspecified atom stereocenters. The highest BCUT2D eigenvalue weighted by Crippen LogP contribution is 2.36. The number of nitrogens with zero attached hydrogens (tertiary/aromatic N) is 1. The fourth-order valence-electron chi connectivity index (χ4n) is 4.14. The molecule has 1 fully saturated rings. The Bertz CT molecular complexity index is 873. The van der Waals surface area contributed by atoms with Gasteiger partial charge in [0.15, 0.2) is 5.78 Å². The Morgan fingerprint density at radius 3 is 2.65 bits per heavy atom. The molecule has 0 amide bonds. The highest BCUT2D eigenvalue weighted by atomic mass is 19.1. The molecule has 1 saturated heterocycles. The first-order valence-electron chi connectivity index (χ1n) is 11.0. The number of hydrogen-bond acceptors (Lipinski definition) is 5. The lowest BCUT2D eigenvalue weighted by atomic mass is 9.75. The number of Topliss-reactive ketones (excluding diaryl/α,β-unsaturated/α-hetero) is 1. The number of rotatable bonds is 7. The fourth-order valence-corrected chi connectivity index (χ4v) is 4.14. The lowest BCUT2D eigenvalue weighted by Gasteiger charge is -2.32. The number of ketones is 1. The molecule has 0 saturated carbocycles. The first-order chi connectivity index (χ1) is 15.1. The van der Waals surface area contributed by atoms with Crippen molar-refractivity contribution in [3.8, 4) is 11.8 Å². The van der Waals surface area contributed by atoms with Crippen LogP contribution in [0.2, 0.25) is 0 Å². The van der Waals surface area contributed by atoms with Crippen molar-refractivity contribution in [3.05, 3.63) is 47.0 Å². The lowest BCUT2D eigenvalue weighted by Crippen LogP contribution is -2.31. The fraction of sp³-hybridized carbons (Fsp3) is 0.520. The van der Waals surface area contributed by atoms with E-state index in [1.807, 2.05) is 6.92 Å². The van der Waals surface area contributed by atoms with Crippen LogP contribution >= 0.6 is 0 Å². The van der Waals surface area contributed by atoms with Crippen molar-refractivity contribution in [2.75, 3.05) is 19.8 Å². The molecule has 1 heterocycles. The summed E-state index contributed by atoms with van der Waals surface area (Å²) in [7, 11) is 0. The second kappa shape index (κ2) is 11.7. The molecule has 1 aromatic carbocycles. The van der Waals surface area contributed by atoms with Crippen LogP contribution in [-0.2, 0) is 14.4 Å². The molecule has 1 N–H and O–H groups in total. The molecule has 2 aliphatic rings. The number of allylic oxidation sites excluding steroid dienone is 2. The Hall–Kier alpha value is -2.65. The van der Waals surface area contributed by atoms with Gasteiger partial charge in [-0.3, -0.25) is 4.79 Å². The smallest absolute Gasteiger partial charge is 0.168 e. The number of aliphatic hydroxyl groups excluding tert-OH is 1. The third-order valence-electron chi connectivity index (χ3n) is 5.75. The zero-order valence-corrected chi connectivity index (χ0v) is 18.0. The molecule has 31 heavy (non-hydrogen) atoms. The van der Waals surface area contributed by atoms with E-state index in [4.69, 9.17) is 9.57 Å². The number of carbonyl (C=O) groups is 1. The summed E-state index contributed by atoms with van der Waals surface area (Å²) in [6, 6.07) is 5.99. The Morgan fingerprint density at radius 2 is 1.97 bits per heavy atom. The van der Waals surface area contributed by atoms with Crippen molar-refractivity contribution < 1.29 is 23.9 Å². The summed E-state index contributed by atoms with van der Waals surface area (Å²) in [5.74, 6) is 6.29. The second-order valence-corrected chi connectivity index (χ2v) is 8.04. The van der Waals surface area contributed by atoms with Crippen molar-refractivity contribution in [3.63, 3.8) is 0 Å². The molecule has 0 bridgehead atoms. The van der Waals surface area contributed by atoms with Gasteiger partial charge in [-0.05, 0) is 55.4 Å². The van der Waals surface area contributed by atoms with Crippen LogP contribution in [0, 0.1) is 29.5 Å². The minimum Gasteiger partial charge on any atom is -0.511 e. The summed E-state index contributed by atoms with van der Waals surface area (Å²) in [4.78, 5) is 18.3. The quantitative estimate of drug-likeness (QED) is 0.289. The molecule has 1 atom stereocenters. The van der Waals surface area contributed by atoms with Crippen molar-refractivity contribution in [2.24, 2.45) is 17.0 Å². The highest BCUT2D eigenvalue weighted by molar-refractivity contribution is 6.23. The van der Waals surface area contributed by atoms with Crippen LogP contribution in [0.15, 0.2) is 40.8 Å². The molecule has 0 radical (unpaired) electrons. The van der Waals surface area contributed by atoms with Crippen LogP contribution < -0.4 is 0 Å². The van der Waals surface area contributed by atoms with Crippen LogP contribution in [0.1, 0.15) is 57.4 Å². The van der Waals surface area contributed by atoms with Gasteiger partial charge in [0.2, 0.25) is 0 Å². The first-order valence-corrected chi connectivity index (χ1v) is 11.0. The maximum absolute atomic E-state index is 12.9. The maximum Gasteiger partial charge on any atom is 0.168 e. The van der Waals surface area contributed by atoms with Crippen molar-refractivity contribution in [1.29, 1.82) is 0 Å².